The van der Waals surface area contributed by atoms with Gasteiger partial charge in [-0.25, -0.2) is 4.79 Å². The topological polar surface area (TPSA) is 89.2 Å². The molecule has 8 heteroatoms. The molecule has 0 saturated carbocycles. The lowest BCUT2D eigenvalue weighted by atomic mass is 9.99. The lowest BCUT2D eigenvalue weighted by molar-refractivity contribution is -0.0633. The Labute approximate surface area is 132 Å². The molecule has 120 valence electrons. The van der Waals surface area contributed by atoms with E-state index in [9.17, 15) is 4.79 Å². The van der Waals surface area contributed by atoms with Gasteiger partial charge in [0, 0.05) is 11.1 Å². The van der Waals surface area contributed by atoms with Crippen molar-refractivity contribution >= 4 is 23.3 Å². The Bertz CT molecular complexity index is 581. The largest absolute Gasteiger partial charge is 0.465 e. The van der Waals surface area contributed by atoms with E-state index in [0.29, 0.717) is 37.6 Å². The second-order valence-corrected chi connectivity index (χ2v) is 5.20. The van der Waals surface area contributed by atoms with Crippen LogP contribution in [0.25, 0.3) is 0 Å². The predicted octanol–water partition coefficient (Wildman–Crippen LogP) is 1.80. The third kappa shape index (κ3) is 2.66. The number of nitrogens with two attached hydrogens (primary N) is 1. The number of ether oxygens (including phenoxy) is 5. The summed E-state index contributed by atoms with van der Waals surface area (Å²) >= 11 is 6.19. The third-order valence-corrected chi connectivity index (χ3v) is 3.81. The highest BCUT2D eigenvalue weighted by Crippen LogP contribution is 2.41. The van der Waals surface area contributed by atoms with Crippen molar-refractivity contribution in [2.75, 3.05) is 39.3 Å². The van der Waals surface area contributed by atoms with Crippen molar-refractivity contribution in [1.29, 1.82) is 0 Å². The third-order valence-electron chi connectivity index (χ3n) is 3.51. The monoisotopic (exact) mass is 329 g/mol. The van der Waals surface area contributed by atoms with Crippen LogP contribution < -0.4 is 5.73 Å². The second-order valence-electron chi connectivity index (χ2n) is 4.79. The van der Waals surface area contributed by atoms with Gasteiger partial charge in [0.05, 0.1) is 44.2 Å². The van der Waals surface area contributed by atoms with Crippen LogP contribution in [0, 0.1) is 0 Å². The minimum Gasteiger partial charge on any atom is -0.465 e. The molecule has 0 unspecified atom stereocenters. The van der Waals surface area contributed by atoms with Gasteiger partial charge in [0.25, 0.3) is 0 Å². The zero-order valence-electron chi connectivity index (χ0n) is 12.0. The SMILES string of the molecule is COC(=O)c1c(Cl)cc(C2OCCO2)c(C2OCCO2)c1N. The number of carbonyl (C=O) groups excluding carboxylic acids is 1. The van der Waals surface area contributed by atoms with E-state index in [0.717, 1.165) is 0 Å². The van der Waals surface area contributed by atoms with Crippen LogP contribution in [0.1, 0.15) is 34.1 Å². The van der Waals surface area contributed by atoms with Gasteiger partial charge in [-0.15, -0.1) is 0 Å². The fourth-order valence-corrected chi connectivity index (χ4v) is 2.83. The number of hydrogen-bond donors (Lipinski definition) is 1. The van der Waals surface area contributed by atoms with Crippen molar-refractivity contribution in [3.8, 4) is 0 Å². The number of hydrogen-bond acceptors (Lipinski definition) is 7. The predicted molar refractivity (Wildman–Crippen MR) is 76.5 cm³/mol. The van der Waals surface area contributed by atoms with Crippen LogP contribution in [-0.4, -0.2) is 39.5 Å². The van der Waals surface area contributed by atoms with Crippen molar-refractivity contribution in [3.63, 3.8) is 0 Å². The minimum atomic E-state index is -0.691. The summed E-state index contributed by atoms with van der Waals surface area (Å²) in [4.78, 5) is 11.9. The first-order valence-corrected chi connectivity index (χ1v) is 7.17. The Morgan fingerprint density at radius 1 is 1.18 bits per heavy atom. The molecule has 2 saturated heterocycles. The summed E-state index contributed by atoms with van der Waals surface area (Å²) in [6, 6.07) is 1.58. The highest BCUT2D eigenvalue weighted by Gasteiger charge is 2.33. The molecule has 7 nitrogen and oxygen atoms in total. The number of anilines is 1. The standard InChI is InChI=1S/C14H16ClNO6/c1-18-12(17)10-8(15)6-7(13-19-2-3-20-13)9(11(10)16)14-21-4-5-22-14/h6,13-14H,2-5,16H2,1H3. The van der Waals surface area contributed by atoms with Crippen molar-refractivity contribution in [2.45, 2.75) is 12.6 Å². The summed E-state index contributed by atoms with van der Waals surface area (Å²) in [7, 11) is 1.26. The van der Waals surface area contributed by atoms with Crippen LogP contribution in [0.5, 0.6) is 0 Å². The first-order valence-electron chi connectivity index (χ1n) is 6.80. The summed E-state index contributed by atoms with van der Waals surface area (Å²) in [5.41, 5.74) is 7.48. The van der Waals surface area contributed by atoms with Crippen molar-refractivity contribution in [3.05, 3.63) is 27.8 Å². The molecule has 1 aromatic rings. The highest BCUT2D eigenvalue weighted by atomic mass is 35.5. The van der Waals surface area contributed by atoms with Crippen LogP contribution >= 0.6 is 11.6 Å². The van der Waals surface area contributed by atoms with Crippen LogP contribution in [0.4, 0.5) is 5.69 Å². The molecular weight excluding hydrogens is 314 g/mol. The molecule has 2 N–H and O–H groups in total. The Morgan fingerprint density at radius 3 is 2.27 bits per heavy atom. The average Bonchev–Trinajstić information content (AvgIpc) is 3.19. The number of carbonyl (C=O) groups is 1. The van der Waals surface area contributed by atoms with E-state index in [2.05, 4.69) is 0 Å². The molecule has 0 amide bonds. The number of esters is 1. The average molecular weight is 330 g/mol. The summed E-state index contributed by atoms with van der Waals surface area (Å²) < 4.78 is 26.8. The zero-order valence-corrected chi connectivity index (χ0v) is 12.7. The van der Waals surface area contributed by atoms with Gasteiger partial charge in [-0.2, -0.15) is 0 Å². The lowest BCUT2D eigenvalue weighted by Gasteiger charge is -2.22. The highest BCUT2D eigenvalue weighted by molar-refractivity contribution is 6.34. The van der Waals surface area contributed by atoms with Crippen molar-refractivity contribution in [2.24, 2.45) is 0 Å². The number of rotatable bonds is 3. The molecule has 2 aliphatic heterocycles. The van der Waals surface area contributed by atoms with E-state index in [-0.39, 0.29) is 16.3 Å². The van der Waals surface area contributed by atoms with E-state index in [4.69, 9.17) is 41.0 Å². The van der Waals surface area contributed by atoms with E-state index in [1.807, 2.05) is 0 Å². The summed E-state index contributed by atoms with van der Waals surface area (Å²) in [5, 5.41) is 0.167. The maximum Gasteiger partial charge on any atom is 0.341 e. The van der Waals surface area contributed by atoms with Crippen molar-refractivity contribution in [1.82, 2.24) is 0 Å². The Balaban J connectivity index is 2.14. The van der Waals surface area contributed by atoms with Crippen LogP contribution in [0.2, 0.25) is 5.02 Å². The molecule has 0 radical (unpaired) electrons. The molecule has 0 aliphatic carbocycles. The summed E-state index contributed by atoms with van der Waals surface area (Å²) in [5.74, 6) is -0.624. The first kappa shape index (κ1) is 15.5. The van der Waals surface area contributed by atoms with Crippen LogP contribution in [0.15, 0.2) is 6.07 Å². The zero-order chi connectivity index (χ0) is 15.7. The molecule has 2 aliphatic rings. The number of nitrogen functional groups attached to an aromatic ring is 1. The van der Waals surface area contributed by atoms with Gasteiger partial charge in [-0.3, -0.25) is 0 Å². The van der Waals surface area contributed by atoms with Gasteiger partial charge in [-0.05, 0) is 6.07 Å². The fraction of sp³-hybridized carbons (Fsp3) is 0.500. The number of benzene rings is 1. The van der Waals surface area contributed by atoms with E-state index in [1.165, 1.54) is 7.11 Å². The molecule has 0 bridgehead atoms. The fourth-order valence-electron chi connectivity index (χ4n) is 2.54. The van der Waals surface area contributed by atoms with Gasteiger partial charge in [0.15, 0.2) is 12.6 Å². The van der Waals surface area contributed by atoms with Gasteiger partial charge < -0.3 is 29.4 Å². The van der Waals surface area contributed by atoms with Gasteiger partial charge in [0.1, 0.15) is 5.56 Å². The molecule has 3 rings (SSSR count). The van der Waals surface area contributed by atoms with Crippen molar-refractivity contribution < 1.29 is 28.5 Å². The van der Waals surface area contributed by atoms with Gasteiger partial charge in [0.2, 0.25) is 0 Å². The normalized spacial score (nSPS) is 19.7. The maximum atomic E-state index is 11.9. The smallest absolute Gasteiger partial charge is 0.341 e. The van der Waals surface area contributed by atoms with E-state index < -0.39 is 18.5 Å². The number of methoxy groups -OCH3 is 1. The molecule has 22 heavy (non-hydrogen) atoms. The van der Waals surface area contributed by atoms with E-state index >= 15 is 0 Å². The molecule has 0 atom stereocenters. The van der Waals surface area contributed by atoms with Gasteiger partial charge in [-0.1, -0.05) is 11.6 Å². The molecule has 1 aromatic carbocycles. The molecule has 2 fully saturated rings. The Kier molecular flexibility index (Phi) is 4.51. The Hall–Kier alpha value is -1.38. The lowest BCUT2D eigenvalue weighted by Crippen LogP contribution is -2.16. The quantitative estimate of drug-likeness (QED) is 0.668. The molecular formula is C14H16ClNO6. The summed E-state index contributed by atoms with van der Waals surface area (Å²) in [6.07, 6.45) is -1.31. The van der Waals surface area contributed by atoms with E-state index in [1.54, 1.807) is 6.07 Å². The number of halogens is 1. The molecule has 0 aromatic heterocycles. The van der Waals surface area contributed by atoms with Crippen LogP contribution in [-0.2, 0) is 23.7 Å². The summed E-state index contributed by atoms with van der Waals surface area (Å²) in [6.45, 7) is 1.80. The Morgan fingerprint density at radius 2 is 1.73 bits per heavy atom. The molecule has 0 spiro atoms. The molecule has 2 heterocycles. The first-order chi connectivity index (χ1) is 10.6. The van der Waals surface area contributed by atoms with Gasteiger partial charge >= 0.3 is 5.97 Å². The minimum absolute atomic E-state index is 0.0833. The van der Waals surface area contributed by atoms with Crippen LogP contribution in [0.3, 0.4) is 0 Å². The second kappa shape index (κ2) is 6.39. The maximum absolute atomic E-state index is 11.9.